The van der Waals surface area contributed by atoms with Crippen LogP contribution in [0.15, 0.2) is 22.4 Å². The number of amides is 1. The predicted octanol–water partition coefficient (Wildman–Crippen LogP) is 0.952. The Labute approximate surface area is 150 Å². The van der Waals surface area contributed by atoms with Crippen molar-refractivity contribution in [1.82, 2.24) is 19.4 Å². The molecule has 0 radical (unpaired) electrons. The van der Waals surface area contributed by atoms with E-state index in [-0.39, 0.29) is 17.3 Å². The molecule has 10 heteroatoms. The summed E-state index contributed by atoms with van der Waals surface area (Å²) in [6.45, 7) is 2.78. The van der Waals surface area contributed by atoms with E-state index in [1.165, 1.54) is 22.8 Å². The maximum atomic E-state index is 12.8. The molecule has 1 unspecified atom stereocenters. The van der Waals surface area contributed by atoms with Gasteiger partial charge in [-0.3, -0.25) is 9.48 Å². The predicted molar refractivity (Wildman–Crippen MR) is 92.8 cm³/mol. The number of hydrogen-bond donors (Lipinski definition) is 2. The number of nitrogens with zero attached hydrogens (tertiary/aromatic N) is 3. The second-order valence-corrected chi connectivity index (χ2v) is 8.62. The van der Waals surface area contributed by atoms with Gasteiger partial charge in [0.2, 0.25) is 10.0 Å². The topological polar surface area (TPSA) is 105 Å². The van der Waals surface area contributed by atoms with Crippen molar-refractivity contribution in [2.45, 2.75) is 37.4 Å². The SMILES string of the molecule is CCC(O)c1cc2n(n1)CCN(S(=O)(=O)c1csc(C(=O)NC)c1)C2. The first-order chi connectivity index (χ1) is 11.9. The molecule has 0 saturated heterocycles. The quantitative estimate of drug-likeness (QED) is 0.799. The molecule has 8 nitrogen and oxygen atoms in total. The lowest BCUT2D eigenvalue weighted by Crippen LogP contribution is -2.38. The number of aliphatic hydroxyl groups is 1. The second kappa shape index (κ2) is 6.87. The van der Waals surface area contributed by atoms with Crippen molar-refractivity contribution in [3.8, 4) is 0 Å². The fraction of sp³-hybridized carbons (Fsp3) is 0.467. The molecule has 1 aliphatic rings. The Hall–Kier alpha value is -1.75. The van der Waals surface area contributed by atoms with Crippen LogP contribution in [-0.2, 0) is 23.1 Å². The second-order valence-electron chi connectivity index (χ2n) is 5.77. The Morgan fingerprint density at radius 1 is 1.44 bits per heavy atom. The van der Waals surface area contributed by atoms with Crippen LogP contribution >= 0.6 is 11.3 Å². The van der Waals surface area contributed by atoms with E-state index in [0.717, 1.165) is 17.0 Å². The molecule has 0 saturated carbocycles. The monoisotopic (exact) mass is 384 g/mol. The number of nitrogens with one attached hydrogen (secondary N) is 1. The lowest BCUT2D eigenvalue weighted by molar-refractivity contribution is 0.0967. The van der Waals surface area contributed by atoms with Crippen LogP contribution in [0.25, 0.3) is 0 Å². The number of hydrogen-bond acceptors (Lipinski definition) is 6. The number of carbonyl (C=O) groups is 1. The summed E-state index contributed by atoms with van der Waals surface area (Å²) in [7, 11) is -2.18. The van der Waals surface area contributed by atoms with Gasteiger partial charge in [-0.2, -0.15) is 9.40 Å². The molecular weight excluding hydrogens is 364 g/mol. The van der Waals surface area contributed by atoms with E-state index < -0.39 is 16.1 Å². The molecule has 3 heterocycles. The molecular formula is C15H20N4O4S2. The fourth-order valence-corrected chi connectivity index (χ4v) is 5.30. The van der Waals surface area contributed by atoms with Gasteiger partial charge < -0.3 is 10.4 Å². The van der Waals surface area contributed by atoms with E-state index >= 15 is 0 Å². The zero-order chi connectivity index (χ0) is 18.2. The van der Waals surface area contributed by atoms with Gasteiger partial charge in [0.25, 0.3) is 5.91 Å². The summed E-state index contributed by atoms with van der Waals surface area (Å²) in [5.74, 6) is -0.304. The molecule has 0 aromatic carbocycles. The Morgan fingerprint density at radius 2 is 2.20 bits per heavy atom. The van der Waals surface area contributed by atoms with Crippen LogP contribution in [0.1, 0.15) is 40.5 Å². The van der Waals surface area contributed by atoms with Crippen LogP contribution in [0.2, 0.25) is 0 Å². The maximum Gasteiger partial charge on any atom is 0.261 e. The summed E-state index contributed by atoms with van der Waals surface area (Å²) in [6.07, 6.45) is -0.0922. The van der Waals surface area contributed by atoms with Crippen molar-refractivity contribution >= 4 is 27.3 Å². The van der Waals surface area contributed by atoms with Crippen LogP contribution < -0.4 is 5.32 Å². The zero-order valence-electron chi connectivity index (χ0n) is 14.0. The summed E-state index contributed by atoms with van der Waals surface area (Å²) >= 11 is 1.10. The molecule has 0 bridgehead atoms. The molecule has 2 N–H and O–H groups in total. The number of rotatable bonds is 5. The van der Waals surface area contributed by atoms with Crippen molar-refractivity contribution in [2.75, 3.05) is 13.6 Å². The van der Waals surface area contributed by atoms with Crippen LogP contribution in [0.5, 0.6) is 0 Å². The van der Waals surface area contributed by atoms with Gasteiger partial charge in [-0.25, -0.2) is 8.42 Å². The van der Waals surface area contributed by atoms with Gasteiger partial charge in [0.05, 0.1) is 40.4 Å². The first kappa shape index (κ1) is 18.1. The van der Waals surface area contributed by atoms with E-state index in [1.54, 1.807) is 10.7 Å². The minimum Gasteiger partial charge on any atom is -0.387 e. The highest BCUT2D eigenvalue weighted by Crippen LogP contribution is 2.27. The molecule has 0 fully saturated rings. The number of fused-ring (bicyclic) bond motifs is 1. The molecule has 2 aromatic heterocycles. The molecule has 1 aliphatic heterocycles. The van der Waals surface area contributed by atoms with Gasteiger partial charge in [-0.1, -0.05) is 6.92 Å². The molecule has 25 heavy (non-hydrogen) atoms. The number of sulfonamides is 1. The van der Waals surface area contributed by atoms with E-state index in [4.69, 9.17) is 0 Å². The summed E-state index contributed by atoms with van der Waals surface area (Å²) in [5, 5.41) is 18.2. The average molecular weight is 384 g/mol. The van der Waals surface area contributed by atoms with Gasteiger partial charge in [0.1, 0.15) is 0 Å². The van der Waals surface area contributed by atoms with E-state index in [0.29, 0.717) is 30.1 Å². The van der Waals surface area contributed by atoms with Gasteiger partial charge in [-0.05, 0) is 18.6 Å². The van der Waals surface area contributed by atoms with Crippen molar-refractivity contribution < 1.29 is 18.3 Å². The number of aliphatic hydroxyl groups excluding tert-OH is 1. The molecule has 1 amide bonds. The highest BCUT2D eigenvalue weighted by Gasteiger charge is 2.31. The minimum absolute atomic E-state index is 0.123. The lowest BCUT2D eigenvalue weighted by atomic mass is 10.2. The molecule has 136 valence electrons. The van der Waals surface area contributed by atoms with Gasteiger partial charge in [0, 0.05) is 19.0 Å². The average Bonchev–Trinajstić information content (AvgIpc) is 3.26. The largest absolute Gasteiger partial charge is 0.387 e. The number of carbonyl (C=O) groups excluding carboxylic acids is 1. The minimum atomic E-state index is -3.68. The van der Waals surface area contributed by atoms with Gasteiger partial charge in [-0.15, -0.1) is 11.3 Å². The lowest BCUT2D eigenvalue weighted by Gasteiger charge is -2.26. The van der Waals surface area contributed by atoms with Crippen LogP contribution in [0, 0.1) is 0 Å². The third kappa shape index (κ3) is 3.34. The zero-order valence-corrected chi connectivity index (χ0v) is 15.6. The molecule has 2 aromatic rings. The molecule has 1 atom stereocenters. The summed E-state index contributed by atoms with van der Waals surface area (Å²) in [6, 6.07) is 3.15. The highest BCUT2D eigenvalue weighted by molar-refractivity contribution is 7.89. The number of aromatic nitrogens is 2. The molecule has 3 rings (SSSR count). The highest BCUT2D eigenvalue weighted by atomic mass is 32.2. The standard InChI is InChI=1S/C15H20N4O4S2/c1-3-13(20)12-6-10-8-18(4-5-19(10)17-12)25(22,23)11-7-14(24-9-11)15(21)16-2/h6-7,9,13,20H,3-5,8H2,1-2H3,(H,16,21). The first-order valence-corrected chi connectivity index (χ1v) is 10.2. The van der Waals surface area contributed by atoms with Crippen LogP contribution in [-0.4, -0.2) is 47.1 Å². The van der Waals surface area contributed by atoms with Gasteiger partial charge in [0.15, 0.2) is 0 Å². The fourth-order valence-electron chi connectivity index (χ4n) is 2.69. The smallest absolute Gasteiger partial charge is 0.261 e. The van der Waals surface area contributed by atoms with Crippen molar-refractivity contribution in [1.29, 1.82) is 0 Å². The van der Waals surface area contributed by atoms with Crippen molar-refractivity contribution in [2.24, 2.45) is 0 Å². The van der Waals surface area contributed by atoms with Crippen molar-refractivity contribution in [3.05, 3.63) is 33.8 Å². The Morgan fingerprint density at radius 3 is 2.88 bits per heavy atom. The third-order valence-corrected chi connectivity index (χ3v) is 7.07. The Balaban J connectivity index is 1.84. The Bertz CT molecular complexity index is 887. The normalized spacial score (nSPS) is 16.4. The first-order valence-electron chi connectivity index (χ1n) is 7.92. The van der Waals surface area contributed by atoms with Crippen LogP contribution in [0.4, 0.5) is 0 Å². The van der Waals surface area contributed by atoms with Gasteiger partial charge >= 0.3 is 0 Å². The summed E-state index contributed by atoms with van der Waals surface area (Å²) in [5.41, 5.74) is 1.31. The third-order valence-electron chi connectivity index (χ3n) is 4.17. The van der Waals surface area contributed by atoms with E-state index in [1.807, 2.05) is 6.92 Å². The van der Waals surface area contributed by atoms with E-state index in [2.05, 4.69) is 10.4 Å². The summed E-state index contributed by atoms with van der Waals surface area (Å²) in [4.78, 5) is 12.1. The number of thiophene rings is 1. The van der Waals surface area contributed by atoms with Crippen molar-refractivity contribution in [3.63, 3.8) is 0 Å². The molecule has 0 aliphatic carbocycles. The van der Waals surface area contributed by atoms with Crippen LogP contribution in [0.3, 0.4) is 0 Å². The maximum absolute atomic E-state index is 12.8. The summed E-state index contributed by atoms with van der Waals surface area (Å²) < 4.78 is 28.8. The van der Waals surface area contributed by atoms with E-state index in [9.17, 15) is 18.3 Å². The molecule has 0 spiro atoms. The Kier molecular flexibility index (Phi) is 4.96.